The van der Waals surface area contributed by atoms with E-state index in [2.05, 4.69) is 17.1 Å². The summed E-state index contributed by atoms with van der Waals surface area (Å²) in [7, 11) is 1.93. The summed E-state index contributed by atoms with van der Waals surface area (Å²) in [5.41, 5.74) is 0. The first-order valence-corrected chi connectivity index (χ1v) is 7.42. The molecule has 1 amide bonds. The summed E-state index contributed by atoms with van der Waals surface area (Å²) in [5, 5.41) is 3.47. The van der Waals surface area contributed by atoms with Crippen LogP contribution in [0.3, 0.4) is 0 Å². The molecule has 2 heterocycles. The number of carbonyl (C=O) groups is 1. The van der Waals surface area contributed by atoms with Gasteiger partial charge in [0.2, 0.25) is 5.91 Å². The second-order valence-corrected chi connectivity index (χ2v) is 5.77. The second-order valence-electron chi connectivity index (χ2n) is 5.77. The monoisotopic (exact) mass is 253 g/mol. The van der Waals surface area contributed by atoms with Crippen molar-refractivity contribution in [2.45, 2.75) is 38.6 Å². The first-order chi connectivity index (χ1) is 8.72. The van der Waals surface area contributed by atoms with Gasteiger partial charge in [-0.2, -0.15) is 0 Å². The fourth-order valence-corrected chi connectivity index (χ4v) is 3.22. The average Bonchev–Trinajstić information content (AvgIpc) is 2.71. The lowest BCUT2D eigenvalue weighted by atomic mass is 9.98. The van der Waals surface area contributed by atoms with Crippen LogP contribution in [0.5, 0.6) is 0 Å². The Labute approximate surface area is 111 Å². The maximum absolute atomic E-state index is 12.1. The molecule has 2 aliphatic heterocycles. The van der Waals surface area contributed by atoms with Gasteiger partial charge in [0, 0.05) is 20.1 Å². The van der Waals surface area contributed by atoms with Gasteiger partial charge in [-0.1, -0.05) is 6.92 Å². The number of hydrogen-bond donors (Lipinski definition) is 1. The molecule has 104 valence electrons. The minimum Gasteiger partial charge on any atom is -0.344 e. The summed E-state index contributed by atoms with van der Waals surface area (Å²) in [6.45, 7) is 7.56. The fourth-order valence-electron chi connectivity index (χ4n) is 3.22. The van der Waals surface area contributed by atoms with Crippen LogP contribution in [0, 0.1) is 5.92 Å². The minimum absolute atomic E-state index is 0.150. The highest BCUT2D eigenvalue weighted by Gasteiger charge is 2.34. The molecule has 4 nitrogen and oxygen atoms in total. The van der Waals surface area contributed by atoms with Crippen LogP contribution in [0.2, 0.25) is 0 Å². The van der Waals surface area contributed by atoms with E-state index in [-0.39, 0.29) is 6.04 Å². The zero-order valence-electron chi connectivity index (χ0n) is 11.8. The van der Waals surface area contributed by atoms with Crippen LogP contribution in [0.4, 0.5) is 0 Å². The topological polar surface area (TPSA) is 35.6 Å². The Kier molecular flexibility index (Phi) is 5.01. The SMILES string of the molecule is CCCN(CC1CCCNC1)C1CCN(C)C1=O. The lowest BCUT2D eigenvalue weighted by Crippen LogP contribution is -2.46. The Hall–Kier alpha value is -0.610. The standard InChI is InChI=1S/C14H27N3O/c1-3-8-17(11-12-5-4-7-15-10-12)13-6-9-16(2)14(13)18/h12-13,15H,3-11H2,1-2H3. The van der Waals surface area contributed by atoms with Crippen molar-refractivity contribution in [1.82, 2.24) is 15.1 Å². The minimum atomic E-state index is 0.150. The predicted octanol–water partition coefficient (Wildman–Crippen LogP) is 0.929. The number of nitrogens with one attached hydrogen (secondary N) is 1. The Balaban J connectivity index is 1.92. The number of piperidine rings is 1. The molecule has 2 aliphatic rings. The normalized spacial score (nSPS) is 29.3. The van der Waals surface area contributed by atoms with Crippen molar-refractivity contribution in [2.75, 3.05) is 39.8 Å². The van der Waals surface area contributed by atoms with E-state index in [1.165, 1.54) is 12.8 Å². The van der Waals surface area contributed by atoms with Gasteiger partial charge in [-0.25, -0.2) is 0 Å². The quantitative estimate of drug-likeness (QED) is 0.792. The first-order valence-electron chi connectivity index (χ1n) is 7.42. The molecule has 0 aromatic carbocycles. The number of likely N-dealkylation sites (N-methyl/N-ethyl adjacent to an activating group) is 1. The summed E-state index contributed by atoms with van der Waals surface area (Å²) < 4.78 is 0. The molecule has 2 saturated heterocycles. The number of rotatable bonds is 5. The van der Waals surface area contributed by atoms with Gasteiger partial charge < -0.3 is 10.2 Å². The maximum atomic E-state index is 12.1. The van der Waals surface area contributed by atoms with E-state index in [0.717, 1.165) is 51.5 Å². The molecule has 1 N–H and O–H groups in total. The third kappa shape index (κ3) is 3.23. The van der Waals surface area contributed by atoms with Gasteiger partial charge in [0.15, 0.2) is 0 Å². The van der Waals surface area contributed by atoms with Gasteiger partial charge in [0.25, 0.3) is 0 Å². The third-order valence-corrected chi connectivity index (χ3v) is 4.24. The predicted molar refractivity (Wildman–Crippen MR) is 73.5 cm³/mol. The Morgan fingerprint density at radius 1 is 1.44 bits per heavy atom. The molecule has 2 rings (SSSR count). The van der Waals surface area contributed by atoms with Crippen molar-refractivity contribution in [2.24, 2.45) is 5.92 Å². The summed E-state index contributed by atoms with van der Waals surface area (Å²) in [6, 6.07) is 0.150. The Morgan fingerprint density at radius 2 is 2.28 bits per heavy atom. The molecule has 0 saturated carbocycles. The smallest absolute Gasteiger partial charge is 0.239 e. The lowest BCUT2D eigenvalue weighted by Gasteiger charge is -2.33. The number of carbonyl (C=O) groups excluding carboxylic acids is 1. The van der Waals surface area contributed by atoms with Gasteiger partial charge in [-0.3, -0.25) is 9.69 Å². The van der Waals surface area contributed by atoms with Crippen molar-refractivity contribution >= 4 is 5.91 Å². The summed E-state index contributed by atoms with van der Waals surface area (Å²) in [6.07, 6.45) is 4.73. The molecule has 2 atom stereocenters. The van der Waals surface area contributed by atoms with Crippen LogP contribution < -0.4 is 5.32 Å². The van der Waals surface area contributed by atoms with E-state index in [9.17, 15) is 4.79 Å². The van der Waals surface area contributed by atoms with Gasteiger partial charge in [0.1, 0.15) is 0 Å². The average molecular weight is 253 g/mol. The maximum Gasteiger partial charge on any atom is 0.239 e. The van der Waals surface area contributed by atoms with E-state index in [1.807, 2.05) is 11.9 Å². The van der Waals surface area contributed by atoms with Crippen LogP contribution in [0.15, 0.2) is 0 Å². The number of hydrogen-bond acceptors (Lipinski definition) is 3. The van der Waals surface area contributed by atoms with Crippen LogP contribution in [-0.2, 0) is 4.79 Å². The molecule has 0 bridgehead atoms. The van der Waals surface area contributed by atoms with Crippen molar-refractivity contribution in [3.63, 3.8) is 0 Å². The largest absolute Gasteiger partial charge is 0.344 e. The highest BCUT2D eigenvalue weighted by atomic mass is 16.2. The zero-order valence-corrected chi connectivity index (χ0v) is 11.8. The van der Waals surface area contributed by atoms with Crippen molar-refractivity contribution in [3.05, 3.63) is 0 Å². The Bertz CT molecular complexity index is 276. The van der Waals surface area contributed by atoms with Gasteiger partial charge >= 0.3 is 0 Å². The molecule has 0 aromatic heterocycles. The molecule has 0 radical (unpaired) electrons. The second kappa shape index (κ2) is 6.53. The van der Waals surface area contributed by atoms with Crippen LogP contribution >= 0.6 is 0 Å². The molecule has 4 heteroatoms. The highest BCUT2D eigenvalue weighted by molar-refractivity contribution is 5.83. The number of likely N-dealkylation sites (tertiary alicyclic amines) is 1. The van der Waals surface area contributed by atoms with Crippen LogP contribution in [0.1, 0.15) is 32.6 Å². The fraction of sp³-hybridized carbons (Fsp3) is 0.929. The molecule has 0 aromatic rings. The highest BCUT2D eigenvalue weighted by Crippen LogP contribution is 2.20. The summed E-state index contributed by atoms with van der Waals surface area (Å²) in [4.78, 5) is 16.4. The van der Waals surface area contributed by atoms with E-state index < -0.39 is 0 Å². The Morgan fingerprint density at radius 3 is 2.83 bits per heavy atom. The molecule has 0 spiro atoms. The lowest BCUT2D eigenvalue weighted by molar-refractivity contribution is -0.131. The van der Waals surface area contributed by atoms with Crippen LogP contribution in [-0.4, -0.2) is 61.5 Å². The first kappa shape index (κ1) is 13.8. The molecule has 2 fully saturated rings. The third-order valence-electron chi connectivity index (χ3n) is 4.24. The van der Waals surface area contributed by atoms with Crippen LogP contribution in [0.25, 0.3) is 0 Å². The summed E-state index contributed by atoms with van der Waals surface area (Å²) in [5.74, 6) is 1.05. The van der Waals surface area contributed by atoms with E-state index in [4.69, 9.17) is 0 Å². The van der Waals surface area contributed by atoms with E-state index >= 15 is 0 Å². The number of nitrogens with zero attached hydrogens (tertiary/aromatic N) is 2. The summed E-state index contributed by atoms with van der Waals surface area (Å²) >= 11 is 0. The molecule has 2 unspecified atom stereocenters. The van der Waals surface area contributed by atoms with Crippen molar-refractivity contribution in [1.29, 1.82) is 0 Å². The van der Waals surface area contributed by atoms with E-state index in [0.29, 0.717) is 5.91 Å². The van der Waals surface area contributed by atoms with E-state index in [1.54, 1.807) is 0 Å². The molecule has 18 heavy (non-hydrogen) atoms. The zero-order chi connectivity index (χ0) is 13.0. The molecule has 0 aliphatic carbocycles. The van der Waals surface area contributed by atoms with Gasteiger partial charge in [0.05, 0.1) is 6.04 Å². The van der Waals surface area contributed by atoms with Gasteiger partial charge in [-0.05, 0) is 51.2 Å². The number of amides is 1. The van der Waals surface area contributed by atoms with Crippen molar-refractivity contribution in [3.8, 4) is 0 Å². The molecular weight excluding hydrogens is 226 g/mol. The van der Waals surface area contributed by atoms with Gasteiger partial charge in [-0.15, -0.1) is 0 Å². The van der Waals surface area contributed by atoms with Crippen molar-refractivity contribution < 1.29 is 4.79 Å². The molecular formula is C14H27N3O.